The minimum absolute atomic E-state index is 0.113. The molecule has 41 heavy (non-hydrogen) atoms. The van der Waals surface area contributed by atoms with Gasteiger partial charge in [0.1, 0.15) is 5.82 Å². The van der Waals surface area contributed by atoms with Crippen molar-refractivity contribution in [1.82, 2.24) is 14.5 Å². The van der Waals surface area contributed by atoms with E-state index >= 15 is 0 Å². The lowest BCUT2D eigenvalue weighted by molar-refractivity contribution is -0.148. The number of aromatic nitrogens is 2. The van der Waals surface area contributed by atoms with Gasteiger partial charge in [-0.1, -0.05) is 18.2 Å². The molecule has 4 rings (SSSR count). The average molecular weight is 586 g/mol. The molecule has 2 heterocycles. The van der Waals surface area contributed by atoms with Crippen LogP contribution in [0.3, 0.4) is 0 Å². The third-order valence-corrected chi connectivity index (χ3v) is 6.02. The Morgan fingerprint density at radius 2 is 1.68 bits per heavy atom. The number of methoxy groups -OCH3 is 1. The van der Waals surface area contributed by atoms with Gasteiger partial charge in [0.2, 0.25) is 11.7 Å². The Balaban J connectivity index is 0.000000436. The zero-order valence-corrected chi connectivity index (χ0v) is 21.4. The average Bonchev–Trinajstić information content (AvgIpc) is 3.32. The number of amides is 1. The van der Waals surface area contributed by atoms with E-state index in [9.17, 15) is 40.7 Å². The van der Waals surface area contributed by atoms with Crippen molar-refractivity contribution >= 4 is 17.8 Å². The van der Waals surface area contributed by atoms with Crippen LogP contribution < -0.4 is 5.73 Å². The number of carboxylic acids is 1. The fraction of sp³-hybridized carbons (Fsp3) is 0.308. The van der Waals surface area contributed by atoms with E-state index in [1.165, 1.54) is 4.90 Å². The summed E-state index contributed by atoms with van der Waals surface area (Å²) in [5, 5.41) is 8.38. The number of nitrogens with two attached hydrogens (primary N) is 1. The first kappa shape index (κ1) is 31.1. The molecule has 1 amide bonds. The number of alkyl halides is 3. The number of fused-ring (bicyclic) bond motifs is 1. The molecule has 3 N–H and O–H groups in total. The Labute approximate surface area is 229 Å². The third-order valence-electron chi connectivity index (χ3n) is 6.02. The maximum atomic E-state index is 13.8. The number of nitrogens with zero attached hydrogens (tertiary/aromatic N) is 3. The molecule has 0 radical (unpaired) electrons. The van der Waals surface area contributed by atoms with Crippen molar-refractivity contribution < 1.29 is 50.6 Å². The lowest BCUT2D eigenvalue weighted by Crippen LogP contribution is -2.42. The van der Waals surface area contributed by atoms with Gasteiger partial charge >= 0.3 is 18.1 Å². The monoisotopic (exact) mass is 586 g/mol. The third kappa shape index (κ3) is 7.63. The summed E-state index contributed by atoms with van der Waals surface area (Å²) >= 11 is 0. The van der Waals surface area contributed by atoms with Crippen LogP contribution >= 0.6 is 0 Å². The minimum Gasteiger partial charge on any atom is -0.478 e. The number of carboxylic acid groups (broad SMARTS) is 1. The van der Waals surface area contributed by atoms with Crippen LogP contribution in [0.4, 0.5) is 26.3 Å². The number of hydrogen-bond acceptors (Lipinski definition) is 6. The lowest BCUT2D eigenvalue weighted by atomic mass is 10.0. The van der Waals surface area contributed by atoms with Gasteiger partial charge in [0.15, 0.2) is 17.3 Å². The molecule has 0 aliphatic carbocycles. The van der Waals surface area contributed by atoms with Gasteiger partial charge in [-0.2, -0.15) is 13.2 Å². The largest absolute Gasteiger partial charge is 0.478 e. The Morgan fingerprint density at radius 1 is 1.05 bits per heavy atom. The number of carbonyl (C=O) groups excluding carboxylic acids is 2. The molecule has 0 fully saturated rings. The normalized spacial score (nSPS) is 13.5. The van der Waals surface area contributed by atoms with Crippen molar-refractivity contribution in [2.45, 2.75) is 38.1 Å². The van der Waals surface area contributed by atoms with Crippen LogP contribution in [0.25, 0.3) is 0 Å². The maximum absolute atomic E-state index is 13.8. The van der Waals surface area contributed by atoms with E-state index in [4.69, 9.17) is 10.8 Å². The first-order chi connectivity index (χ1) is 19.2. The molecule has 220 valence electrons. The standard InChI is InChI=1S/C19H18F6N4O3.C7H6O2/c1-32-17(31)16-14-8-28(2-3-29(14)18(27-16)19(23,24)25)15(30)6-10(26)4-9-5-12(21)13(22)7-11(9)20;8-7(9)6-4-2-1-3-5-6/h5,7,10H,2-4,6,8,26H2,1H3;1-5H,(H,8,9)/t10-;/m1./s1. The van der Waals surface area contributed by atoms with E-state index < -0.39 is 59.0 Å². The number of benzene rings is 2. The zero-order chi connectivity index (χ0) is 30.5. The fourth-order valence-electron chi connectivity index (χ4n) is 4.07. The molecule has 0 spiro atoms. The number of rotatable bonds is 6. The first-order valence-corrected chi connectivity index (χ1v) is 11.9. The van der Waals surface area contributed by atoms with Gasteiger partial charge in [-0.15, -0.1) is 0 Å². The van der Waals surface area contributed by atoms with Gasteiger partial charge in [0, 0.05) is 31.6 Å². The first-order valence-electron chi connectivity index (χ1n) is 11.9. The predicted molar refractivity (Wildman–Crippen MR) is 130 cm³/mol. The van der Waals surface area contributed by atoms with Crippen LogP contribution in [0.1, 0.15) is 44.3 Å². The molecular formula is C26H24F6N4O5. The van der Waals surface area contributed by atoms with Crippen molar-refractivity contribution in [2.75, 3.05) is 13.7 Å². The molecule has 3 aromatic rings. The zero-order valence-electron chi connectivity index (χ0n) is 21.4. The second-order valence-electron chi connectivity index (χ2n) is 8.88. The second-order valence-corrected chi connectivity index (χ2v) is 8.88. The molecule has 1 aliphatic rings. The fourth-order valence-corrected chi connectivity index (χ4v) is 4.07. The van der Waals surface area contributed by atoms with Gasteiger partial charge in [0.25, 0.3) is 0 Å². The molecule has 0 bridgehead atoms. The topological polar surface area (TPSA) is 128 Å². The van der Waals surface area contributed by atoms with Crippen molar-refractivity contribution in [3.05, 3.63) is 88.3 Å². The number of imidazole rings is 1. The van der Waals surface area contributed by atoms with Gasteiger partial charge in [-0.05, 0) is 30.2 Å². The summed E-state index contributed by atoms with van der Waals surface area (Å²) in [6.45, 7) is -0.732. The quantitative estimate of drug-likeness (QED) is 0.256. The van der Waals surface area contributed by atoms with Gasteiger partial charge in [-0.25, -0.2) is 27.7 Å². The highest BCUT2D eigenvalue weighted by molar-refractivity contribution is 5.89. The molecule has 0 unspecified atom stereocenters. The van der Waals surface area contributed by atoms with E-state index in [-0.39, 0.29) is 43.7 Å². The lowest BCUT2D eigenvalue weighted by Gasteiger charge is -2.30. The molecule has 15 heteroatoms. The van der Waals surface area contributed by atoms with Crippen LogP contribution in [0, 0.1) is 17.5 Å². The Bertz CT molecular complexity index is 1430. The van der Waals surface area contributed by atoms with Crippen molar-refractivity contribution in [2.24, 2.45) is 5.73 Å². The molecule has 0 saturated heterocycles. The summed E-state index contributed by atoms with van der Waals surface area (Å²) in [6, 6.07) is 8.34. The number of hydrogen-bond donors (Lipinski definition) is 2. The van der Waals surface area contributed by atoms with E-state index in [1.807, 2.05) is 0 Å². The van der Waals surface area contributed by atoms with E-state index in [0.29, 0.717) is 17.7 Å². The van der Waals surface area contributed by atoms with Crippen LogP contribution in [0.2, 0.25) is 0 Å². The SMILES string of the molecule is COC(=O)c1nc(C(F)(F)F)n2c1CN(C(=O)C[C@H](N)Cc1cc(F)c(F)cc1F)CC2.O=C(O)c1ccccc1. The van der Waals surface area contributed by atoms with Crippen LogP contribution in [0.5, 0.6) is 0 Å². The van der Waals surface area contributed by atoms with Crippen LogP contribution in [-0.2, 0) is 35.2 Å². The maximum Gasteiger partial charge on any atom is 0.449 e. The summed E-state index contributed by atoms with van der Waals surface area (Å²) in [5.74, 6) is -7.45. The smallest absolute Gasteiger partial charge is 0.449 e. The summed E-state index contributed by atoms with van der Waals surface area (Å²) < 4.78 is 85.3. The molecular weight excluding hydrogens is 562 g/mol. The summed E-state index contributed by atoms with van der Waals surface area (Å²) in [5.41, 5.74) is 5.28. The Morgan fingerprint density at radius 3 is 2.24 bits per heavy atom. The number of aromatic carboxylic acids is 1. The molecule has 1 aromatic heterocycles. The molecule has 1 atom stereocenters. The number of carbonyl (C=O) groups is 3. The van der Waals surface area contributed by atoms with Crippen LogP contribution in [-0.4, -0.2) is 57.1 Å². The second kappa shape index (κ2) is 12.8. The summed E-state index contributed by atoms with van der Waals surface area (Å²) in [4.78, 5) is 39.3. The van der Waals surface area contributed by atoms with E-state index in [2.05, 4.69) is 9.72 Å². The number of esters is 1. The highest BCUT2D eigenvalue weighted by atomic mass is 19.4. The predicted octanol–water partition coefficient (Wildman–Crippen LogP) is 3.79. The highest BCUT2D eigenvalue weighted by Crippen LogP contribution is 2.32. The summed E-state index contributed by atoms with van der Waals surface area (Å²) in [7, 11) is 0.990. The Kier molecular flexibility index (Phi) is 9.75. The molecule has 0 saturated carbocycles. The highest BCUT2D eigenvalue weighted by Gasteiger charge is 2.42. The van der Waals surface area contributed by atoms with Crippen LogP contribution in [0.15, 0.2) is 42.5 Å². The molecule has 2 aromatic carbocycles. The van der Waals surface area contributed by atoms with Gasteiger partial charge in [-0.3, -0.25) is 4.79 Å². The molecule has 9 nitrogen and oxygen atoms in total. The Hall–Kier alpha value is -4.40. The van der Waals surface area contributed by atoms with E-state index in [1.54, 1.807) is 30.3 Å². The number of ether oxygens (including phenoxy) is 1. The molecule has 1 aliphatic heterocycles. The van der Waals surface area contributed by atoms with E-state index in [0.717, 1.165) is 11.7 Å². The number of halogens is 6. The van der Waals surface area contributed by atoms with Crippen molar-refractivity contribution in [3.63, 3.8) is 0 Å². The van der Waals surface area contributed by atoms with Gasteiger partial charge in [0.05, 0.1) is 24.9 Å². The van der Waals surface area contributed by atoms with Crippen molar-refractivity contribution in [1.29, 1.82) is 0 Å². The summed E-state index contributed by atoms with van der Waals surface area (Å²) in [6.07, 6.45) is -5.43. The van der Waals surface area contributed by atoms with Crippen molar-refractivity contribution in [3.8, 4) is 0 Å². The minimum atomic E-state index is -4.82. The van der Waals surface area contributed by atoms with Gasteiger partial charge < -0.3 is 25.0 Å².